The number of guanidine groups is 1. The highest BCUT2D eigenvalue weighted by Gasteiger charge is 2.16. The van der Waals surface area contributed by atoms with Gasteiger partial charge in [-0.3, -0.25) is 4.99 Å². The third kappa shape index (κ3) is 10.6. The number of hydrogen-bond donors (Lipinski definition) is 1. The standard InChI is InChI=1S/C19H39N3O2.HI/c1-6-20-19(21-12-8-18(16(3)4)24-7-2)22(5)13-9-17-10-14-23-15-11-17;/h16-18H,6-15H2,1-5H3,(H,20,21);1H. The summed E-state index contributed by atoms with van der Waals surface area (Å²) in [6.45, 7) is 14.0. The molecule has 1 unspecified atom stereocenters. The van der Waals surface area contributed by atoms with Crippen LogP contribution in [0.25, 0.3) is 0 Å². The molecule has 1 rings (SSSR count). The molecule has 1 atom stereocenters. The summed E-state index contributed by atoms with van der Waals surface area (Å²) in [5.41, 5.74) is 0. The Hall–Kier alpha value is -0.0800. The van der Waals surface area contributed by atoms with Crippen LogP contribution in [0.3, 0.4) is 0 Å². The first-order chi connectivity index (χ1) is 11.6. The molecule has 0 radical (unpaired) electrons. The van der Waals surface area contributed by atoms with Crippen molar-refractivity contribution in [2.45, 2.75) is 59.5 Å². The van der Waals surface area contributed by atoms with Crippen LogP contribution in [0, 0.1) is 11.8 Å². The van der Waals surface area contributed by atoms with Gasteiger partial charge in [0.05, 0.1) is 6.10 Å². The molecule has 1 N–H and O–H groups in total. The van der Waals surface area contributed by atoms with Crippen LogP contribution in [0.4, 0.5) is 0 Å². The average Bonchev–Trinajstić information content (AvgIpc) is 2.58. The van der Waals surface area contributed by atoms with E-state index in [-0.39, 0.29) is 24.0 Å². The van der Waals surface area contributed by atoms with Crippen molar-refractivity contribution >= 4 is 29.9 Å². The third-order valence-electron chi connectivity index (χ3n) is 4.71. The smallest absolute Gasteiger partial charge is 0.193 e. The Morgan fingerprint density at radius 1 is 1.28 bits per heavy atom. The first-order valence-electron chi connectivity index (χ1n) is 9.77. The van der Waals surface area contributed by atoms with Gasteiger partial charge in [0.2, 0.25) is 0 Å². The minimum Gasteiger partial charge on any atom is -0.381 e. The minimum atomic E-state index is 0. The molecule has 0 amide bonds. The van der Waals surface area contributed by atoms with Crippen LogP contribution in [-0.2, 0) is 9.47 Å². The second-order valence-electron chi connectivity index (χ2n) is 7.03. The number of halogens is 1. The molecule has 150 valence electrons. The second kappa shape index (κ2) is 15.0. The van der Waals surface area contributed by atoms with Crippen LogP contribution in [0.5, 0.6) is 0 Å². The highest BCUT2D eigenvalue weighted by molar-refractivity contribution is 14.0. The molecule has 1 heterocycles. The summed E-state index contributed by atoms with van der Waals surface area (Å²) < 4.78 is 11.3. The van der Waals surface area contributed by atoms with E-state index in [0.29, 0.717) is 12.0 Å². The van der Waals surface area contributed by atoms with Crippen molar-refractivity contribution in [2.75, 3.05) is 46.5 Å². The van der Waals surface area contributed by atoms with Gasteiger partial charge in [-0.05, 0) is 51.4 Å². The SMILES string of the molecule is CCNC(=NCCC(OCC)C(C)C)N(C)CCC1CCOCC1.I. The predicted octanol–water partition coefficient (Wildman–Crippen LogP) is 3.77. The molecule has 0 saturated carbocycles. The highest BCUT2D eigenvalue weighted by Crippen LogP contribution is 2.18. The van der Waals surface area contributed by atoms with Gasteiger partial charge in [0, 0.05) is 46.5 Å². The van der Waals surface area contributed by atoms with Crippen LogP contribution in [0.1, 0.15) is 53.4 Å². The quantitative estimate of drug-likeness (QED) is 0.301. The van der Waals surface area contributed by atoms with Crippen molar-refractivity contribution in [3.63, 3.8) is 0 Å². The van der Waals surface area contributed by atoms with Gasteiger partial charge < -0.3 is 19.7 Å². The van der Waals surface area contributed by atoms with Crippen LogP contribution < -0.4 is 5.32 Å². The number of aliphatic imine (C=N–C) groups is 1. The first kappa shape index (κ1) is 24.9. The van der Waals surface area contributed by atoms with Gasteiger partial charge >= 0.3 is 0 Å². The maximum absolute atomic E-state index is 5.82. The summed E-state index contributed by atoms with van der Waals surface area (Å²) >= 11 is 0. The molecule has 0 aromatic rings. The van der Waals surface area contributed by atoms with Crippen molar-refractivity contribution in [3.8, 4) is 0 Å². The van der Waals surface area contributed by atoms with E-state index in [2.05, 4.69) is 45.0 Å². The van der Waals surface area contributed by atoms with Crippen molar-refractivity contribution in [3.05, 3.63) is 0 Å². The van der Waals surface area contributed by atoms with E-state index in [4.69, 9.17) is 14.5 Å². The Labute approximate surface area is 172 Å². The number of hydrogen-bond acceptors (Lipinski definition) is 3. The lowest BCUT2D eigenvalue weighted by atomic mass is 9.96. The zero-order chi connectivity index (χ0) is 17.8. The molecular weight excluding hydrogens is 429 g/mol. The van der Waals surface area contributed by atoms with E-state index in [9.17, 15) is 0 Å². The van der Waals surface area contributed by atoms with Gasteiger partial charge in [0.1, 0.15) is 0 Å². The molecule has 0 aromatic carbocycles. The fourth-order valence-corrected chi connectivity index (χ4v) is 3.11. The van der Waals surface area contributed by atoms with Gasteiger partial charge in [-0.2, -0.15) is 0 Å². The molecule has 1 saturated heterocycles. The molecule has 0 aliphatic carbocycles. The van der Waals surface area contributed by atoms with Gasteiger partial charge in [0.15, 0.2) is 5.96 Å². The average molecular weight is 469 g/mol. The normalized spacial score (nSPS) is 17.3. The van der Waals surface area contributed by atoms with Gasteiger partial charge in [-0.1, -0.05) is 13.8 Å². The number of rotatable bonds is 10. The predicted molar refractivity (Wildman–Crippen MR) is 117 cm³/mol. The van der Waals surface area contributed by atoms with E-state index >= 15 is 0 Å². The van der Waals surface area contributed by atoms with Crippen LogP contribution in [-0.4, -0.2) is 63.5 Å². The van der Waals surface area contributed by atoms with E-state index < -0.39 is 0 Å². The Morgan fingerprint density at radius 2 is 1.96 bits per heavy atom. The lowest BCUT2D eigenvalue weighted by molar-refractivity contribution is 0.0266. The summed E-state index contributed by atoms with van der Waals surface area (Å²) in [4.78, 5) is 7.08. The Kier molecular flexibility index (Phi) is 15.0. The second-order valence-corrected chi connectivity index (χ2v) is 7.03. The fraction of sp³-hybridized carbons (Fsp3) is 0.947. The van der Waals surface area contributed by atoms with Crippen molar-refractivity contribution in [1.82, 2.24) is 10.2 Å². The maximum atomic E-state index is 5.82. The van der Waals surface area contributed by atoms with E-state index in [0.717, 1.165) is 57.8 Å². The molecule has 25 heavy (non-hydrogen) atoms. The molecule has 5 nitrogen and oxygen atoms in total. The molecule has 1 aliphatic heterocycles. The van der Waals surface area contributed by atoms with Crippen LogP contribution in [0.2, 0.25) is 0 Å². The number of ether oxygens (including phenoxy) is 2. The van der Waals surface area contributed by atoms with E-state index in [1.54, 1.807) is 0 Å². The fourth-order valence-electron chi connectivity index (χ4n) is 3.11. The van der Waals surface area contributed by atoms with Crippen molar-refractivity contribution < 1.29 is 9.47 Å². The Morgan fingerprint density at radius 3 is 2.52 bits per heavy atom. The Bertz CT molecular complexity index is 348. The summed E-state index contributed by atoms with van der Waals surface area (Å²) in [6, 6.07) is 0. The summed E-state index contributed by atoms with van der Waals surface area (Å²) in [5.74, 6) is 2.35. The molecule has 0 spiro atoms. The first-order valence-corrected chi connectivity index (χ1v) is 9.77. The molecule has 1 aliphatic rings. The van der Waals surface area contributed by atoms with Crippen LogP contribution in [0.15, 0.2) is 4.99 Å². The number of nitrogens with one attached hydrogen (secondary N) is 1. The van der Waals surface area contributed by atoms with E-state index in [1.165, 1.54) is 19.3 Å². The summed E-state index contributed by atoms with van der Waals surface area (Å²) in [6.07, 6.45) is 4.90. The highest BCUT2D eigenvalue weighted by atomic mass is 127. The molecule has 0 bridgehead atoms. The van der Waals surface area contributed by atoms with E-state index in [1.807, 2.05) is 0 Å². The topological polar surface area (TPSA) is 46.1 Å². The lowest BCUT2D eigenvalue weighted by Gasteiger charge is -2.27. The molecular formula is C19H40IN3O2. The van der Waals surface area contributed by atoms with Gasteiger partial charge in [-0.15, -0.1) is 24.0 Å². The number of nitrogens with zero attached hydrogens (tertiary/aromatic N) is 2. The zero-order valence-electron chi connectivity index (χ0n) is 16.9. The van der Waals surface area contributed by atoms with Gasteiger partial charge in [0.25, 0.3) is 0 Å². The van der Waals surface area contributed by atoms with Gasteiger partial charge in [-0.25, -0.2) is 0 Å². The van der Waals surface area contributed by atoms with Crippen molar-refractivity contribution in [1.29, 1.82) is 0 Å². The summed E-state index contributed by atoms with van der Waals surface area (Å²) in [5, 5.41) is 3.42. The Balaban J connectivity index is 0.00000576. The minimum absolute atomic E-state index is 0. The summed E-state index contributed by atoms with van der Waals surface area (Å²) in [7, 11) is 2.14. The third-order valence-corrected chi connectivity index (χ3v) is 4.71. The van der Waals surface area contributed by atoms with Crippen molar-refractivity contribution in [2.24, 2.45) is 16.8 Å². The zero-order valence-corrected chi connectivity index (χ0v) is 19.3. The monoisotopic (exact) mass is 469 g/mol. The largest absolute Gasteiger partial charge is 0.381 e. The van der Waals surface area contributed by atoms with Crippen LogP contribution >= 0.6 is 24.0 Å². The molecule has 1 fully saturated rings. The molecule has 0 aromatic heterocycles. The molecule has 6 heteroatoms. The lowest BCUT2D eigenvalue weighted by Crippen LogP contribution is -2.40. The maximum Gasteiger partial charge on any atom is 0.193 e.